The molecule has 1 aliphatic rings. The van der Waals surface area contributed by atoms with Crippen LogP contribution in [0.25, 0.3) is 0 Å². The van der Waals surface area contributed by atoms with Crippen molar-refractivity contribution in [3.8, 4) is 11.8 Å². The predicted molar refractivity (Wildman–Crippen MR) is 98.1 cm³/mol. The summed E-state index contributed by atoms with van der Waals surface area (Å²) in [6.07, 6.45) is 4.71. The van der Waals surface area contributed by atoms with Crippen molar-refractivity contribution in [1.29, 1.82) is 5.26 Å². The van der Waals surface area contributed by atoms with Crippen LogP contribution in [-0.4, -0.2) is 49.1 Å². The molecule has 1 aromatic rings. The number of unbranched alkanes of at least 4 members (excludes halogenated alkanes) is 2. The van der Waals surface area contributed by atoms with Crippen LogP contribution in [0.5, 0.6) is 5.75 Å². The van der Waals surface area contributed by atoms with Crippen molar-refractivity contribution in [3.05, 3.63) is 29.8 Å². The van der Waals surface area contributed by atoms with Crippen LogP contribution in [-0.2, 0) is 0 Å². The fourth-order valence-electron chi connectivity index (χ4n) is 3.22. The highest BCUT2D eigenvalue weighted by Gasteiger charge is 2.24. The number of rotatable bonds is 9. The van der Waals surface area contributed by atoms with Crippen molar-refractivity contribution in [3.63, 3.8) is 0 Å². The van der Waals surface area contributed by atoms with Gasteiger partial charge in [0.1, 0.15) is 11.8 Å². The highest BCUT2D eigenvalue weighted by Crippen LogP contribution is 2.24. The van der Waals surface area contributed by atoms with E-state index in [9.17, 15) is 5.26 Å². The largest absolute Gasteiger partial charge is 0.494 e. The summed E-state index contributed by atoms with van der Waals surface area (Å²) in [5.74, 6) is 0.902. The van der Waals surface area contributed by atoms with Crippen LogP contribution in [0.3, 0.4) is 0 Å². The van der Waals surface area contributed by atoms with Crippen molar-refractivity contribution >= 4 is 0 Å². The highest BCUT2D eigenvalue weighted by atomic mass is 16.5. The number of hydrogen-bond acceptors (Lipinski definition) is 4. The maximum atomic E-state index is 9.63. The standard InChI is InChI=1S/C20H31N3O/c1-3-5-6-16-24-19-9-7-18(8-10-19)20(17-21)23-14-12-22(11-4-2)13-15-23/h7-10,20H,3-6,11-16H2,1-2H3. The molecule has 1 saturated heterocycles. The molecule has 1 heterocycles. The second-order valence-corrected chi connectivity index (χ2v) is 6.53. The SMILES string of the molecule is CCCCCOc1ccc(C(C#N)N2CCN(CCC)CC2)cc1. The number of piperazine rings is 1. The number of benzene rings is 1. The summed E-state index contributed by atoms with van der Waals surface area (Å²) in [5, 5.41) is 9.63. The third-order valence-corrected chi connectivity index (χ3v) is 4.65. The van der Waals surface area contributed by atoms with E-state index >= 15 is 0 Å². The Morgan fingerprint density at radius 2 is 1.75 bits per heavy atom. The summed E-state index contributed by atoms with van der Waals surface area (Å²) in [5.41, 5.74) is 1.07. The Morgan fingerprint density at radius 3 is 2.33 bits per heavy atom. The van der Waals surface area contributed by atoms with E-state index in [1.54, 1.807) is 0 Å². The van der Waals surface area contributed by atoms with Crippen LogP contribution >= 0.6 is 0 Å². The van der Waals surface area contributed by atoms with Crippen LogP contribution in [0.4, 0.5) is 0 Å². The van der Waals surface area contributed by atoms with Crippen LogP contribution in [0, 0.1) is 11.3 Å². The lowest BCUT2D eigenvalue weighted by Gasteiger charge is -2.36. The van der Waals surface area contributed by atoms with E-state index in [1.165, 1.54) is 19.3 Å². The van der Waals surface area contributed by atoms with Gasteiger partial charge in [-0.3, -0.25) is 4.90 Å². The summed E-state index contributed by atoms with van der Waals surface area (Å²) in [7, 11) is 0. The van der Waals surface area contributed by atoms with Gasteiger partial charge in [0.15, 0.2) is 0 Å². The summed E-state index contributed by atoms with van der Waals surface area (Å²) in [6, 6.07) is 10.4. The number of nitrogens with zero attached hydrogens (tertiary/aromatic N) is 3. The fourth-order valence-corrected chi connectivity index (χ4v) is 3.22. The molecular formula is C20H31N3O. The smallest absolute Gasteiger partial charge is 0.123 e. The third kappa shape index (κ3) is 5.51. The van der Waals surface area contributed by atoms with Gasteiger partial charge >= 0.3 is 0 Å². The van der Waals surface area contributed by atoms with Gasteiger partial charge in [0.25, 0.3) is 0 Å². The molecule has 0 amide bonds. The fraction of sp³-hybridized carbons (Fsp3) is 0.650. The average molecular weight is 329 g/mol. The second-order valence-electron chi connectivity index (χ2n) is 6.53. The van der Waals surface area contributed by atoms with E-state index < -0.39 is 0 Å². The van der Waals surface area contributed by atoms with Gasteiger partial charge in [-0.1, -0.05) is 38.8 Å². The molecule has 0 spiro atoms. The Balaban J connectivity index is 1.88. The predicted octanol–water partition coefficient (Wildman–Crippen LogP) is 3.85. The molecule has 0 saturated carbocycles. The first-order valence-corrected chi connectivity index (χ1v) is 9.37. The zero-order valence-corrected chi connectivity index (χ0v) is 15.2. The molecule has 2 rings (SSSR count). The first kappa shape index (κ1) is 18.8. The van der Waals surface area contributed by atoms with Crippen LogP contribution in [0.2, 0.25) is 0 Å². The number of nitriles is 1. The molecule has 4 nitrogen and oxygen atoms in total. The lowest BCUT2D eigenvalue weighted by Crippen LogP contribution is -2.47. The molecule has 0 N–H and O–H groups in total. The maximum absolute atomic E-state index is 9.63. The van der Waals surface area contributed by atoms with Crippen molar-refractivity contribution in [2.45, 2.75) is 45.6 Å². The summed E-state index contributed by atoms with van der Waals surface area (Å²) in [6.45, 7) is 10.4. The van der Waals surface area contributed by atoms with E-state index in [4.69, 9.17) is 4.74 Å². The Kier molecular flexibility index (Phi) is 8.07. The van der Waals surface area contributed by atoms with E-state index in [-0.39, 0.29) is 6.04 Å². The Labute approximate surface area is 147 Å². The zero-order chi connectivity index (χ0) is 17.2. The number of hydrogen-bond donors (Lipinski definition) is 0. The normalized spacial score (nSPS) is 17.4. The zero-order valence-electron chi connectivity index (χ0n) is 15.2. The van der Waals surface area contributed by atoms with Gasteiger partial charge in [-0.25, -0.2) is 0 Å². The number of ether oxygens (including phenoxy) is 1. The lowest BCUT2D eigenvalue weighted by molar-refractivity contribution is 0.114. The molecule has 4 heteroatoms. The molecule has 1 aromatic carbocycles. The molecule has 132 valence electrons. The molecule has 1 fully saturated rings. The Morgan fingerprint density at radius 1 is 1.04 bits per heavy atom. The molecule has 1 unspecified atom stereocenters. The van der Waals surface area contributed by atoms with Gasteiger partial charge in [0.05, 0.1) is 12.7 Å². The quantitative estimate of drug-likeness (QED) is 0.645. The third-order valence-electron chi connectivity index (χ3n) is 4.65. The molecule has 1 atom stereocenters. The molecule has 0 aromatic heterocycles. The molecule has 0 bridgehead atoms. The topological polar surface area (TPSA) is 39.5 Å². The first-order valence-electron chi connectivity index (χ1n) is 9.37. The van der Waals surface area contributed by atoms with Gasteiger partial charge in [-0.2, -0.15) is 5.26 Å². The minimum atomic E-state index is -0.150. The monoisotopic (exact) mass is 329 g/mol. The van der Waals surface area contributed by atoms with E-state index in [0.29, 0.717) is 0 Å². The molecule has 0 aliphatic carbocycles. The average Bonchev–Trinajstić information content (AvgIpc) is 2.62. The minimum absolute atomic E-state index is 0.150. The van der Waals surface area contributed by atoms with E-state index in [0.717, 1.165) is 57.1 Å². The first-order chi connectivity index (χ1) is 11.8. The Bertz CT molecular complexity index is 501. The van der Waals surface area contributed by atoms with Crippen molar-refractivity contribution in [2.24, 2.45) is 0 Å². The second kappa shape index (κ2) is 10.3. The van der Waals surface area contributed by atoms with Gasteiger partial charge in [-0.15, -0.1) is 0 Å². The van der Waals surface area contributed by atoms with Crippen LogP contribution in [0.15, 0.2) is 24.3 Å². The van der Waals surface area contributed by atoms with Crippen LogP contribution < -0.4 is 4.74 Å². The van der Waals surface area contributed by atoms with E-state index in [2.05, 4.69) is 29.7 Å². The molecule has 1 aliphatic heterocycles. The lowest BCUT2D eigenvalue weighted by atomic mass is 10.1. The van der Waals surface area contributed by atoms with Gasteiger partial charge < -0.3 is 9.64 Å². The summed E-state index contributed by atoms with van der Waals surface area (Å²) >= 11 is 0. The van der Waals surface area contributed by atoms with E-state index in [1.807, 2.05) is 24.3 Å². The highest BCUT2D eigenvalue weighted by molar-refractivity contribution is 5.31. The maximum Gasteiger partial charge on any atom is 0.123 e. The molecule has 0 radical (unpaired) electrons. The summed E-state index contributed by atoms with van der Waals surface area (Å²) in [4.78, 5) is 4.78. The van der Waals surface area contributed by atoms with Crippen molar-refractivity contribution in [2.75, 3.05) is 39.3 Å². The van der Waals surface area contributed by atoms with Crippen molar-refractivity contribution in [1.82, 2.24) is 9.80 Å². The van der Waals surface area contributed by atoms with Gasteiger partial charge in [0, 0.05) is 26.2 Å². The van der Waals surface area contributed by atoms with Gasteiger partial charge in [0.2, 0.25) is 0 Å². The Hall–Kier alpha value is -1.57. The minimum Gasteiger partial charge on any atom is -0.494 e. The molecular weight excluding hydrogens is 298 g/mol. The van der Waals surface area contributed by atoms with Crippen LogP contribution in [0.1, 0.15) is 51.1 Å². The van der Waals surface area contributed by atoms with Crippen molar-refractivity contribution < 1.29 is 4.74 Å². The molecule has 24 heavy (non-hydrogen) atoms. The summed E-state index contributed by atoms with van der Waals surface area (Å²) < 4.78 is 5.76. The van der Waals surface area contributed by atoms with Gasteiger partial charge in [-0.05, 0) is 37.1 Å².